The van der Waals surface area contributed by atoms with E-state index in [0.29, 0.717) is 30.2 Å². The van der Waals surface area contributed by atoms with E-state index < -0.39 is 11.9 Å². The maximum Gasteiger partial charge on any atom is 0.306 e. The second-order valence-electron chi connectivity index (χ2n) is 6.10. The highest BCUT2D eigenvalue weighted by atomic mass is 35.5. The Labute approximate surface area is 169 Å². The third-order valence-electron chi connectivity index (χ3n) is 3.80. The Hall–Kier alpha value is -3.04. The van der Waals surface area contributed by atoms with Crippen LogP contribution in [0.2, 0.25) is 5.02 Å². The number of nitrogens with zero attached hydrogens (tertiary/aromatic N) is 1. The molecular weight excluding hydrogens is 380 g/mol. The maximum atomic E-state index is 11.8. The highest BCUT2D eigenvalue weighted by Crippen LogP contribution is 2.21. The van der Waals surface area contributed by atoms with E-state index in [2.05, 4.69) is 11.4 Å². The largest absolute Gasteiger partial charge is 0.493 e. The van der Waals surface area contributed by atoms with Gasteiger partial charge in [0.05, 0.1) is 19.1 Å². The molecule has 1 amide bonds. The molecule has 0 atom stereocenters. The lowest BCUT2D eigenvalue weighted by Crippen LogP contribution is -2.21. The predicted molar refractivity (Wildman–Crippen MR) is 106 cm³/mol. The number of carbonyl (C=O) groups excluding carboxylic acids is 2. The van der Waals surface area contributed by atoms with Crippen molar-refractivity contribution >= 4 is 29.2 Å². The molecule has 0 aliphatic carbocycles. The van der Waals surface area contributed by atoms with Crippen LogP contribution < -0.4 is 10.1 Å². The molecule has 0 radical (unpaired) electrons. The van der Waals surface area contributed by atoms with Crippen LogP contribution in [-0.2, 0) is 20.7 Å². The van der Waals surface area contributed by atoms with Crippen LogP contribution in [0.15, 0.2) is 42.5 Å². The van der Waals surface area contributed by atoms with Crippen LogP contribution in [-0.4, -0.2) is 25.1 Å². The summed E-state index contributed by atoms with van der Waals surface area (Å²) >= 11 is 5.89. The second-order valence-corrected chi connectivity index (χ2v) is 6.54. The van der Waals surface area contributed by atoms with Gasteiger partial charge in [-0.15, -0.1) is 0 Å². The van der Waals surface area contributed by atoms with Gasteiger partial charge in [-0.25, -0.2) is 0 Å². The van der Waals surface area contributed by atoms with Crippen molar-refractivity contribution in [3.63, 3.8) is 0 Å². The lowest BCUT2D eigenvalue weighted by Gasteiger charge is -2.09. The van der Waals surface area contributed by atoms with E-state index in [-0.39, 0.29) is 13.0 Å². The minimum Gasteiger partial charge on any atom is -0.493 e. The summed E-state index contributed by atoms with van der Waals surface area (Å²) in [5, 5.41) is 11.9. The van der Waals surface area contributed by atoms with Gasteiger partial charge >= 0.3 is 5.97 Å². The number of esters is 1. The van der Waals surface area contributed by atoms with E-state index >= 15 is 0 Å². The lowest BCUT2D eigenvalue weighted by atomic mass is 10.1. The van der Waals surface area contributed by atoms with Crippen LogP contribution in [0.25, 0.3) is 0 Å². The molecule has 28 heavy (non-hydrogen) atoms. The quantitative estimate of drug-likeness (QED) is 0.506. The number of hydrogen-bond donors (Lipinski definition) is 1. The second kappa shape index (κ2) is 11.0. The normalized spacial score (nSPS) is 10.0. The Morgan fingerprint density at radius 1 is 1.18 bits per heavy atom. The van der Waals surface area contributed by atoms with Gasteiger partial charge in [0.1, 0.15) is 5.75 Å². The van der Waals surface area contributed by atoms with Crippen molar-refractivity contribution in [3.05, 3.63) is 58.6 Å². The van der Waals surface area contributed by atoms with Gasteiger partial charge in [0.2, 0.25) is 0 Å². The van der Waals surface area contributed by atoms with Gasteiger partial charge in [0, 0.05) is 17.1 Å². The first-order valence-corrected chi connectivity index (χ1v) is 9.16. The van der Waals surface area contributed by atoms with E-state index in [1.54, 1.807) is 42.5 Å². The Kier molecular flexibility index (Phi) is 8.32. The molecule has 0 aromatic heterocycles. The molecule has 1 N–H and O–H groups in total. The maximum absolute atomic E-state index is 11.8. The van der Waals surface area contributed by atoms with Crippen molar-refractivity contribution in [2.24, 2.45) is 0 Å². The molecule has 7 heteroatoms. The molecule has 0 fully saturated rings. The Bertz CT molecular complexity index is 860. The molecule has 0 aliphatic heterocycles. The average molecular weight is 401 g/mol. The number of carbonyl (C=O) groups is 2. The fourth-order valence-corrected chi connectivity index (χ4v) is 2.61. The molecule has 0 heterocycles. The average Bonchev–Trinajstić information content (AvgIpc) is 2.67. The summed E-state index contributed by atoms with van der Waals surface area (Å²) in [6, 6.07) is 14.3. The zero-order valence-electron chi connectivity index (χ0n) is 15.5. The van der Waals surface area contributed by atoms with Crippen molar-refractivity contribution in [2.45, 2.75) is 26.2 Å². The monoisotopic (exact) mass is 400 g/mol. The Morgan fingerprint density at radius 3 is 2.61 bits per heavy atom. The van der Waals surface area contributed by atoms with Gasteiger partial charge in [-0.05, 0) is 54.8 Å². The van der Waals surface area contributed by atoms with Gasteiger partial charge < -0.3 is 14.8 Å². The molecule has 0 saturated heterocycles. The molecule has 2 aromatic rings. The topological polar surface area (TPSA) is 88.4 Å². The van der Waals surface area contributed by atoms with Crippen molar-refractivity contribution in [1.29, 1.82) is 5.26 Å². The van der Waals surface area contributed by atoms with Gasteiger partial charge in [0.15, 0.2) is 6.61 Å². The smallest absolute Gasteiger partial charge is 0.306 e. The van der Waals surface area contributed by atoms with Crippen LogP contribution >= 0.6 is 11.6 Å². The van der Waals surface area contributed by atoms with Crippen molar-refractivity contribution < 1.29 is 19.1 Å². The number of halogens is 1. The summed E-state index contributed by atoms with van der Waals surface area (Å²) in [4.78, 5) is 23.6. The van der Waals surface area contributed by atoms with Crippen molar-refractivity contribution in [1.82, 2.24) is 0 Å². The van der Waals surface area contributed by atoms with Crippen LogP contribution in [0, 0.1) is 18.3 Å². The molecule has 2 rings (SSSR count). The van der Waals surface area contributed by atoms with Gasteiger partial charge in [-0.1, -0.05) is 23.7 Å². The zero-order valence-corrected chi connectivity index (χ0v) is 16.3. The van der Waals surface area contributed by atoms with Crippen LogP contribution in [0.3, 0.4) is 0 Å². The SMILES string of the molecule is Cc1cc(Cl)ccc1OCCCC(=O)OCC(=O)Nc1ccc(CC#N)cc1. The molecule has 146 valence electrons. The number of aryl methyl sites for hydroxylation is 1. The highest BCUT2D eigenvalue weighted by molar-refractivity contribution is 6.30. The Balaban J connectivity index is 1.63. The van der Waals surface area contributed by atoms with Crippen molar-refractivity contribution in [2.75, 3.05) is 18.5 Å². The molecule has 0 aliphatic rings. The zero-order chi connectivity index (χ0) is 20.4. The van der Waals surface area contributed by atoms with E-state index in [0.717, 1.165) is 16.9 Å². The molecule has 0 bridgehead atoms. The van der Waals surface area contributed by atoms with Crippen LogP contribution in [0.1, 0.15) is 24.0 Å². The number of amides is 1. The molecule has 0 saturated carbocycles. The molecule has 2 aromatic carbocycles. The van der Waals surface area contributed by atoms with Crippen molar-refractivity contribution in [3.8, 4) is 11.8 Å². The molecular formula is C21H21ClN2O4. The fraction of sp³-hybridized carbons (Fsp3) is 0.286. The molecule has 0 unspecified atom stereocenters. The number of benzene rings is 2. The number of hydrogen-bond acceptors (Lipinski definition) is 5. The summed E-state index contributed by atoms with van der Waals surface area (Å²) < 4.78 is 10.6. The van der Waals surface area contributed by atoms with Gasteiger partial charge in [-0.2, -0.15) is 5.26 Å². The number of rotatable bonds is 9. The number of ether oxygens (including phenoxy) is 2. The van der Waals surface area contributed by atoms with E-state index in [1.165, 1.54) is 0 Å². The highest BCUT2D eigenvalue weighted by Gasteiger charge is 2.08. The third-order valence-corrected chi connectivity index (χ3v) is 4.04. The standard InChI is InChI=1S/C21H21ClN2O4/c1-15-13-17(22)6-9-19(15)27-12-2-3-21(26)28-14-20(25)24-18-7-4-16(5-8-18)10-11-23/h4-9,13H,2-3,10,12,14H2,1H3,(H,24,25). The van der Waals surface area contributed by atoms with Gasteiger partial charge in [0.25, 0.3) is 5.91 Å². The molecule has 0 spiro atoms. The number of nitrogens with one attached hydrogen (secondary N) is 1. The Morgan fingerprint density at radius 2 is 1.93 bits per heavy atom. The van der Waals surface area contributed by atoms with E-state index in [9.17, 15) is 9.59 Å². The van der Waals surface area contributed by atoms with Crippen LogP contribution in [0.5, 0.6) is 5.75 Å². The third kappa shape index (κ3) is 7.29. The summed E-state index contributed by atoms with van der Waals surface area (Å²) in [6.07, 6.45) is 0.943. The lowest BCUT2D eigenvalue weighted by molar-refractivity contribution is -0.147. The summed E-state index contributed by atoms with van der Waals surface area (Å²) in [7, 11) is 0. The number of anilines is 1. The molecule has 6 nitrogen and oxygen atoms in total. The predicted octanol–water partition coefficient (Wildman–Crippen LogP) is 4.06. The minimum absolute atomic E-state index is 0.156. The summed E-state index contributed by atoms with van der Waals surface area (Å²) in [5.74, 6) is -0.164. The van der Waals surface area contributed by atoms with Gasteiger partial charge in [-0.3, -0.25) is 9.59 Å². The van der Waals surface area contributed by atoms with E-state index in [1.807, 2.05) is 6.92 Å². The minimum atomic E-state index is -0.462. The van der Waals surface area contributed by atoms with Crippen LogP contribution in [0.4, 0.5) is 5.69 Å². The fourth-order valence-electron chi connectivity index (χ4n) is 2.39. The first-order valence-electron chi connectivity index (χ1n) is 8.78. The first kappa shape index (κ1) is 21.3. The summed E-state index contributed by atoms with van der Waals surface area (Å²) in [6.45, 7) is 1.90. The van der Waals surface area contributed by atoms with E-state index in [4.69, 9.17) is 26.3 Å². The first-order chi connectivity index (χ1) is 13.5. The summed E-state index contributed by atoms with van der Waals surface area (Å²) in [5.41, 5.74) is 2.37. The number of nitriles is 1.